The monoisotopic (exact) mass is 460 g/mol. The van der Waals surface area contributed by atoms with Gasteiger partial charge in [0.1, 0.15) is 6.10 Å². The van der Waals surface area contributed by atoms with Crippen LogP contribution in [0.15, 0.2) is 0 Å². The van der Waals surface area contributed by atoms with Gasteiger partial charge in [-0.15, -0.1) is 0 Å². The van der Waals surface area contributed by atoms with Crippen molar-refractivity contribution in [3.05, 3.63) is 0 Å². The molecule has 0 bridgehead atoms. The second kappa shape index (κ2) is 29.9. The van der Waals surface area contributed by atoms with Crippen LogP contribution in [0.3, 0.4) is 0 Å². The SMILES string of the molecule is CC(O)C(=O)O.CCCCCCCCCCCCCCCCCC(N)=O.CCCN(C)C. The first-order valence-corrected chi connectivity index (χ1v) is 13.0. The molecule has 6 heteroatoms. The molecule has 0 saturated heterocycles. The minimum Gasteiger partial charge on any atom is -0.479 e. The van der Waals surface area contributed by atoms with Crippen molar-refractivity contribution in [2.24, 2.45) is 5.73 Å². The lowest BCUT2D eigenvalue weighted by Crippen LogP contribution is -2.13. The first-order chi connectivity index (χ1) is 15.2. The number of nitrogens with two attached hydrogens (primary N) is 1. The van der Waals surface area contributed by atoms with E-state index in [1.165, 1.54) is 110 Å². The number of nitrogens with zero attached hydrogens (tertiary/aromatic N) is 1. The van der Waals surface area contributed by atoms with Gasteiger partial charge in [-0.05, 0) is 40.4 Å². The summed E-state index contributed by atoms with van der Waals surface area (Å²) in [5.41, 5.74) is 5.11. The summed E-state index contributed by atoms with van der Waals surface area (Å²) in [6.45, 7) is 6.86. The Bertz CT molecular complexity index is 388. The van der Waals surface area contributed by atoms with Crippen molar-refractivity contribution < 1.29 is 19.8 Å². The minimum atomic E-state index is -1.23. The van der Waals surface area contributed by atoms with E-state index in [0.717, 1.165) is 6.42 Å². The first-order valence-electron chi connectivity index (χ1n) is 13.0. The number of hydrogen-bond acceptors (Lipinski definition) is 4. The Morgan fingerprint density at radius 1 is 0.719 bits per heavy atom. The zero-order chi connectivity index (χ0) is 25.0. The van der Waals surface area contributed by atoms with Crippen LogP contribution in [0.2, 0.25) is 0 Å². The summed E-state index contributed by atoms with van der Waals surface area (Å²) in [6.07, 6.45) is 20.9. The van der Waals surface area contributed by atoms with Crippen LogP contribution in [-0.2, 0) is 9.59 Å². The van der Waals surface area contributed by atoms with Crippen molar-refractivity contribution in [2.75, 3.05) is 20.6 Å². The van der Waals surface area contributed by atoms with Crippen LogP contribution < -0.4 is 5.73 Å². The summed E-state index contributed by atoms with van der Waals surface area (Å²) in [5, 5.41) is 15.8. The summed E-state index contributed by atoms with van der Waals surface area (Å²) in [5.74, 6) is -1.34. The molecule has 4 N–H and O–H groups in total. The fourth-order valence-electron chi connectivity index (χ4n) is 3.12. The maximum atomic E-state index is 10.6. The molecule has 0 aliphatic rings. The molecule has 0 aliphatic carbocycles. The van der Waals surface area contributed by atoms with Crippen LogP contribution in [0.25, 0.3) is 0 Å². The van der Waals surface area contributed by atoms with E-state index in [9.17, 15) is 9.59 Å². The van der Waals surface area contributed by atoms with Gasteiger partial charge in [0.25, 0.3) is 0 Å². The van der Waals surface area contributed by atoms with E-state index in [-0.39, 0.29) is 5.91 Å². The molecule has 0 spiro atoms. The number of primary amides is 1. The number of carboxylic acids is 1. The predicted octanol–water partition coefficient (Wildman–Crippen LogP) is 6.14. The van der Waals surface area contributed by atoms with E-state index >= 15 is 0 Å². The molecule has 0 saturated carbocycles. The maximum absolute atomic E-state index is 10.6. The number of aliphatic hydroxyl groups is 1. The number of rotatable bonds is 19. The molecule has 1 atom stereocenters. The Balaban J connectivity index is -0.000000571. The van der Waals surface area contributed by atoms with Crippen molar-refractivity contribution in [1.29, 1.82) is 0 Å². The molecule has 6 nitrogen and oxygen atoms in total. The molecular weight excluding hydrogens is 404 g/mol. The van der Waals surface area contributed by atoms with Gasteiger partial charge in [-0.25, -0.2) is 4.79 Å². The summed E-state index contributed by atoms with van der Waals surface area (Å²) < 4.78 is 0. The summed E-state index contributed by atoms with van der Waals surface area (Å²) in [7, 11) is 4.17. The molecule has 1 amide bonds. The highest BCUT2D eigenvalue weighted by atomic mass is 16.4. The molecule has 0 heterocycles. The van der Waals surface area contributed by atoms with Crippen molar-refractivity contribution in [3.63, 3.8) is 0 Å². The highest BCUT2D eigenvalue weighted by molar-refractivity contribution is 5.73. The van der Waals surface area contributed by atoms with Crippen molar-refractivity contribution in [1.82, 2.24) is 4.90 Å². The summed E-state index contributed by atoms with van der Waals surface area (Å²) in [4.78, 5) is 22.2. The third kappa shape index (κ3) is 42.9. The van der Waals surface area contributed by atoms with Gasteiger partial charge in [0.05, 0.1) is 0 Å². The largest absolute Gasteiger partial charge is 0.479 e. The molecule has 0 radical (unpaired) electrons. The number of amides is 1. The highest BCUT2D eigenvalue weighted by Gasteiger charge is 2.01. The molecule has 1 unspecified atom stereocenters. The second-order valence-electron chi connectivity index (χ2n) is 8.98. The number of aliphatic carboxylic acids is 1. The normalized spacial score (nSPS) is 11.2. The Morgan fingerprint density at radius 3 is 1.22 bits per heavy atom. The minimum absolute atomic E-state index is 0.153. The van der Waals surface area contributed by atoms with Gasteiger partial charge < -0.3 is 20.8 Å². The average Bonchev–Trinajstić information content (AvgIpc) is 2.71. The van der Waals surface area contributed by atoms with E-state index in [1.807, 2.05) is 0 Å². The van der Waals surface area contributed by atoms with Crippen LogP contribution in [0.1, 0.15) is 130 Å². The fourth-order valence-corrected chi connectivity index (χ4v) is 3.12. The van der Waals surface area contributed by atoms with Crippen LogP contribution >= 0.6 is 0 Å². The second-order valence-corrected chi connectivity index (χ2v) is 8.98. The molecule has 0 aromatic rings. The molecule has 0 aromatic carbocycles. The van der Waals surface area contributed by atoms with Gasteiger partial charge in [-0.1, -0.05) is 104 Å². The van der Waals surface area contributed by atoms with E-state index in [2.05, 4.69) is 32.8 Å². The van der Waals surface area contributed by atoms with Gasteiger partial charge >= 0.3 is 5.97 Å². The first kappa shape index (κ1) is 35.4. The quantitative estimate of drug-likeness (QED) is 0.201. The van der Waals surface area contributed by atoms with Gasteiger partial charge in [0, 0.05) is 6.42 Å². The Hall–Kier alpha value is -1.14. The molecule has 0 fully saturated rings. The lowest BCUT2D eigenvalue weighted by Gasteiger charge is -2.03. The molecule has 194 valence electrons. The lowest BCUT2D eigenvalue weighted by atomic mass is 10.0. The molecule has 0 aromatic heterocycles. The van der Waals surface area contributed by atoms with Crippen molar-refractivity contribution >= 4 is 11.9 Å². The summed E-state index contributed by atoms with van der Waals surface area (Å²) >= 11 is 0. The standard InChI is InChI=1S/C18H37NO.C5H13N.C3H6O3/c1-2-3-4-5-6-7-8-9-10-11-12-13-14-15-16-17-18(19)20;1-4-5-6(2)3;1-2(4)3(5)6/h2-17H2,1H3,(H2,19,20);4-5H2,1-3H3;2,4H,1H3,(H,5,6). The number of hydrogen-bond donors (Lipinski definition) is 3. The summed E-state index contributed by atoms with van der Waals surface area (Å²) in [6, 6.07) is 0. The smallest absolute Gasteiger partial charge is 0.332 e. The molecule has 0 rings (SSSR count). The lowest BCUT2D eigenvalue weighted by molar-refractivity contribution is -0.145. The van der Waals surface area contributed by atoms with Gasteiger partial charge in [-0.3, -0.25) is 4.79 Å². The number of aliphatic hydroxyl groups excluding tert-OH is 1. The molecule has 0 aliphatic heterocycles. The van der Waals surface area contributed by atoms with Crippen molar-refractivity contribution in [2.45, 2.75) is 136 Å². The molecular formula is C26H56N2O4. The van der Waals surface area contributed by atoms with Gasteiger partial charge in [-0.2, -0.15) is 0 Å². The van der Waals surface area contributed by atoms with Crippen LogP contribution in [0, 0.1) is 0 Å². The third-order valence-electron chi connectivity index (χ3n) is 5.05. The zero-order valence-corrected chi connectivity index (χ0v) is 22.0. The average molecular weight is 461 g/mol. The predicted molar refractivity (Wildman–Crippen MR) is 137 cm³/mol. The van der Waals surface area contributed by atoms with E-state index in [4.69, 9.17) is 15.9 Å². The fraction of sp³-hybridized carbons (Fsp3) is 0.923. The number of carboxylic acid groups (broad SMARTS) is 1. The third-order valence-corrected chi connectivity index (χ3v) is 5.05. The van der Waals surface area contributed by atoms with Crippen LogP contribution in [0.5, 0.6) is 0 Å². The van der Waals surface area contributed by atoms with Crippen LogP contribution in [-0.4, -0.2) is 53.7 Å². The number of carbonyl (C=O) groups is 2. The topological polar surface area (TPSA) is 104 Å². The van der Waals surface area contributed by atoms with Crippen LogP contribution in [0.4, 0.5) is 0 Å². The van der Waals surface area contributed by atoms with E-state index < -0.39 is 12.1 Å². The zero-order valence-electron chi connectivity index (χ0n) is 22.0. The van der Waals surface area contributed by atoms with Gasteiger partial charge in [0.15, 0.2) is 0 Å². The highest BCUT2D eigenvalue weighted by Crippen LogP contribution is 2.13. The Labute approximate surface area is 199 Å². The van der Waals surface area contributed by atoms with Gasteiger partial charge in [0.2, 0.25) is 5.91 Å². The maximum Gasteiger partial charge on any atom is 0.332 e. The number of unbranched alkanes of at least 4 members (excludes halogenated alkanes) is 14. The Morgan fingerprint density at radius 2 is 1.03 bits per heavy atom. The van der Waals surface area contributed by atoms with E-state index in [1.54, 1.807) is 0 Å². The molecule has 32 heavy (non-hydrogen) atoms. The Kier molecular flexibility index (Phi) is 33.1. The van der Waals surface area contributed by atoms with E-state index in [0.29, 0.717) is 6.42 Å². The number of carbonyl (C=O) groups excluding carboxylic acids is 1. The van der Waals surface area contributed by atoms with Crippen molar-refractivity contribution in [3.8, 4) is 0 Å².